The molecule has 3 rings (SSSR count). The third-order valence-electron chi connectivity index (χ3n) is 4.32. The number of hydrogen-bond donors (Lipinski definition) is 1. The van der Waals surface area contributed by atoms with Crippen LogP contribution in [0.2, 0.25) is 0 Å². The largest absolute Gasteiger partial charge is 0.356 e. The maximum Gasteiger partial charge on any atom is 0.253 e. The second-order valence-electron chi connectivity index (χ2n) is 6.18. The molecule has 128 valence electrons. The number of nitrogens with one attached hydrogen (secondary N) is 1. The maximum atomic E-state index is 12.4. The fourth-order valence-electron chi connectivity index (χ4n) is 2.99. The second kappa shape index (κ2) is 7.79. The van der Waals surface area contributed by atoms with Gasteiger partial charge >= 0.3 is 0 Å². The normalized spacial score (nSPS) is 10.8. The molecule has 1 heterocycles. The fourth-order valence-corrected chi connectivity index (χ4v) is 2.99. The van der Waals surface area contributed by atoms with Gasteiger partial charge in [0.25, 0.3) is 5.56 Å². The van der Waals surface area contributed by atoms with Gasteiger partial charge in [-0.05, 0) is 36.4 Å². The Morgan fingerprint density at radius 3 is 2.56 bits per heavy atom. The van der Waals surface area contributed by atoms with E-state index >= 15 is 0 Å². The Labute approximate surface area is 147 Å². The van der Waals surface area contributed by atoms with Crippen molar-refractivity contribution < 1.29 is 4.79 Å². The van der Waals surface area contributed by atoms with Gasteiger partial charge in [-0.25, -0.2) is 0 Å². The molecular formula is C21H22N2O2. The van der Waals surface area contributed by atoms with Crippen LogP contribution in [0.3, 0.4) is 0 Å². The van der Waals surface area contributed by atoms with E-state index in [4.69, 9.17) is 0 Å². The van der Waals surface area contributed by atoms with Crippen molar-refractivity contribution in [3.8, 4) is 0 Å². The smallest absolute Gasteiger partial charge is 0.253 e. The van der Waals surface area contributed by atoms with Crippen LogP contribution >= 0.6 is 0 Å². The van der Waals surface area contributed by atoms with E-state index in [-0.39, 0.29) is 11.5 Å². The van der Waals surface area contributed by atoms with Gasteiger partial charge < -0.3 is 9.88 Å². The predicted octanol–water partition coefficient (Wildman–Crippen LogP) is 3.06. The monoisotopic (exact) mass is 334 g/mol. The van der Waals surface area contributed by atoms with E-state index in [1.54, 1.807) is 4.57 Å². The number of carbonyl (C=O) groups excluding carboxylic acids is 1. The van der Waals surface area contributed by atoms with Crippen molar-refractivity contribution in [2.24, 2.45) is 0 Å². The molecule has 0 atom stereocenters. The Morgan fingerprint density at radius 2 is 1.76 bits per heavy atom. The van der Waals surface area contributed by atoms with Crippen LogP contribution < -0.4 is 10.9 Å². The van der Waals surface area contributed by atoms with Crippen LogP contribution in [0.5, 0.6) is 0 Å². The van der Waals surface area contributed by atoms with E-state index in [1.807, 2.05) is 67.6 Å². The Kier molecular flexibility index (Phi) is 5.29. The third kappa shape index (κ3) is 4.15. The molecule has 4 nitrogen and oxygen atoms in total. The van der Waals surface area contributed by atoms with E-state index in [9.17, 15) is 9.59 Å². The van der Waals surface area contributed by atoms with Crippen molar-refractivity contribution in [3.63, 3.8) is 0 Å². The zero-order valence-corrected chi connectivity index (χ0v) is 14.4. The number of hydrogen-bond acceptors (Lipinski definition) is 2. The van der Waals surface area contributed by atoms with E-state index in [1.165, 1.54) is 5.56 Å². The SMILES string of the molecule is Cc1cc2ccccc2n(CCC(=O)NCCc2ccccc2)c1=O. The first-order valence-corrected chi connectivity index (χ1v) is 8.55. The minimum atomic E-state index is -0.0339. The molecule has 0 spiro atoms. The molecule has 0 aliphatic rings. The Morgan fingerprint density at radius 1 is 1.04 bits per heavy atom. The topological polar surface area (TPSA) is 51.1 Å². The van der Waals surface area contributed by atoms with Gasteiger partial charge in [-0.2, -0.15) is 0 Å². The number of pyridine rings is 1. The Hall–Kier alpha value is -2.88. The van der Waals surface area contributed by atoms with Crippen LogP contribution in [0.25, 0.3) is 10.9 Å². The van der Waals surface area contributed by atoms with Gasteiger partial charge in [0.15, 0.2) is 0 Å². The van der Waals surface area contributed by atoms with E-state index in [0.29, 0.717) is 25.1 Å². The molecule has 0 saturated carbocycles. The lowest BCUT2D eigenvalue weighted by Crippen LogP contribution is -2.29. The standard InChI is InChI=1S/C21H22N2O2/c1-16-15-18-9-5-6-10-19(18)23(21(16)25)14-12-20(24)22-13-11-17-7-3-2-4-8-17/h2-10,15H,11-14H2,1H3,(H,22,24). The van der Waals surface area contributed by atoms with Gasteiger partial charge in [0, 0.05) is 25.1 Å². The summed E-state index contributed by atoms with van der Waals surface area (Å²) in [5.41, 5.74) is 2.73. The van der Waals surface area contributed by atoms with Crippen LogP contribution in [0.15, 0.2) is 65.5 Å². The van der Waals surface area contributed by atoms with Crippen LogP contribution in [0.1, 0.15) is 17.5 Å². The number of amides is 1. The van der Waals surface area contributed by atoms with Gasteiger partial charge in [-0.3, -0.25) is 9.59 Å². The Bertz CT molecular complexity index is 930. The predicted molar refractivity (Wildman–Crippen MR) is 101 cm³/mol. The first-order valence-electron chi connectivity index (χ1n) is 8.55. The summed E-state index contributed by atoms with van der Waals surface area (Å²) < 4.78 is 1.70. The van der Waals surface area contributed by atoms with Crippen molar-refractivity contribution in [2.45, 2.75) is 26.3 Å². The van der Waals surface area contributed by atoms with Crippen molar-refractivity contribution in [2.75, 3.05) is 6.54 Å². The number of nitrogens with zero attached hydrogens (tertiary/aromatic N) is 1. The average Bonchev–Trinajstić information content (AvgIpc) is 2.63. The fraction of sp³-hybridized carbons (Fsp3) is 0.238. The highest BCUT2D eigenvalue weighted by Crippen LogP contribution is 2.13. The van der Waals surface area contributed by atoms with Crippen LogP contribution in [-0.4, -0.2) is 17.0 Å². The van der Waals surface area contributed by atoms with E-state index in [2.05, 4.69) is 5.32 Å². The van der Waals surface area contributed by atoms with Gasteiger partial charge in [0.1, 0.15) is 0 Å². The maximum absolute atomic E-state index is 12.4. The minimum Gasteiger partial charge on any atom is -0.356 e. The van der Waals surface area contributed by atoms with Crippen molar-refractivity contribution in [1.29, 1.82) is 0 Å². The number of rotatable bonds is 6. The first kappa shape index (κ1) is 17.0. The molecule has 0 aliphatic carbocycles. The molecule has 0 fully saturated rings. The molecule has 3 aromatic rings. The molecular weight excluding hydrogens is 312 g/mol. The molecule has 0 saturated heterocycles. The molecule has 0 radical (unpaired) electrons. The lowest BCUT2D eigenvalue weighted by Gasteiger charge is -2.12. The minimum absolute atomic E-state index is 0.0317. The zero-order chi connectivity index (χ0) is 17.6. The highest BCUT2D eigenvalue weighted by atomic mass is 16.1. The molecule has 0 aliphatic heterocycles. The summed E-state index contributed by atoms with van der Waals surface area (Å²) in [5.74, 6) is -0.0339. The van der Waals surface area contributed by atoms with Gasteiger partial charge in [-0.1, -0.05) is 48.5 Å². The summed E-state index contributed by atoms with van der Waals surface area (Å²) >= 11 is 0. The summed E-state index contributed by atoms with van der Waals surface area (Å²) in [5, 5.41) is 3.95. The number of fused-ring (bicyclic) bond motifs is 1. The summed E-state index contributed by atoms with van der Waals surface area (Å²) in [6.45, 7) is 2.80. The molecule has 2 aromatic carbocycles. The number of para-hydroxylation sites is 1. The van der Waals surface area contributed by atoms with E-state index < -0.39 is 0 Å². The second-order valence-corrected chi connectivity index (χ2v) is 6.18. The lowest BCUT2D eigenvalue weighted by molar-refractivity contribution is -0.121. The van der Waals surface area contributed by atoms with Gasteiger partial charge in [-0.15, -0.1) is 0 Å². The highest BCUT2D eigenvalue weighted by molar-refractivity contribution is 5.80. The molecule has 4 heteroatoms. The van der Waals surface area contributed by atoms with Crippen molar-refractivity contribution in [3.05, 3.63) is 82.1 Å². The number of benzene rings is 2. The van der Waals surface area contributed by atoms with Crippen molar-refractivity contribution >= 4 is 16.8 Å². The van der Waals surface area contributed by atoms with Gasteiger partial charge in [0.2, 0.25) is 5.91 Å². The number of aryl methyl sites for hydroxylation is 2. The van der Waals surface area contributed by atoms with Gasteiger partial charge in [0.05, 0.1) is 5.52 Å². The quantitative estimate of drug-likeness (QED) is 0.753. The summed E-state index contributed by atoms with van der Waals surface area (Å²) in [7, 11) is 0. The molecule has 1 N–H and O–H groups in total. The number of aromatic nitrogens is 1. The summed E-state index contributed by atoms with van der Waals surface area (Å²) in [4.78, 5) is 24.5. The molecule has 0 unspecified atom stereocenters. The van der Waals surface area contributed by atoms with Crippen molar-refractivity contribution in [1.82, 2.24) is 9.88 Å². The molecule has 0 bridgehead atoms. The average molecular weight is 334 g/mol. The third-order valence-corrected chi connectivity index (χ3v) is 4.32. The number of carbonyl (C=O) groups is 1. The molecule has 25 heavy (non-hydrogen) atoms. The van der Waals surface area contributed by atoms with Crippen LogP contribution in [0.4, 0.5) is 0 Å². The first-order chi connectivity index (χ1) is 12.1. The zero-order valence-electron chi connectivity index (χ0n) is 14.4. The lowest BCUT2D eigenvalue weighted by atomic mass is 10.1. The highest BCUT2D eigenvalue weighted by Gasteiger charge is 2.08. The molecule has 1 aromatic heterocycles. The summed E-state index contributed by atoms with van der Waals surface area (Å²) in [6.07, 6.45) is 1.10. The van der Waals surface area contributed by atoms with Crippen LogP contribution in [0, 0.1) is 6.92 Å². The van der Waals surface area contributed by atoms with Crippen LogP contribution in [-0.2, 0) is 17.8 Å². The van der Waals surface area contributed by atoms with E-state index in [0.717, 1.165) is 17.3 Å². The Balaban J connectivity index is 1.61. The molecule has 1 amide bonds. The summed E-state index contributed by atoms with van der Waals surface area (Å²) in [6, 6.07) is 19.7.